The number of rotatable bonds is 5. The summed E-state index contributed by atoms with van der Waals surface area (Å²) in [5.41, 5.74) is 3.43. The van der Waals surface area contributed by atoms with Gasteiger partial charge >= 0.3 is 6.18 Å². The number of ether oxygens (including phenoxy) is 2. The van der Waals surface area contributed by atoms with Crippen molar-refractivity contribution >= 4 is 11.8 Å². The van der Waals surface area contributed by atoms with Crippen LogP contribution in [0.1, 0.15) is 24.0 Å². The van der Waals surface area contributed by atoms with Crippen LogP contribution in [0, 0.1) is 0 Å². The fourth-order valence-corrected chi connectivity index (χ4v) is 3.55. The summed E-state index contributed by atoms with van der Waals surface area (Å²) in [5, 5.41) is 9.94. The molecule has 2 aromatic rings. The first kappa shape index (κ1) is 21.3. The number of benzene rings is 2. The highest BCUT2D eigenvalue weighted by Crippen LogP contribution is 2.45. The minimum absolute atomic E-state index is 0.105. The third-order valence-corrected chi connectivity index (χ3v) is 5.19. The Morgan fingerprint density at radius 1 is 1.20 bits per heavy atom. The molecule has 1 atom stereocenters. The smallest absolute Gasteiger partial charge is 0.416 e. The summed E-state index contributed by atoms with van der Waals surface area (Å²) in [4.78, 5) is 25.8. The fraction of sp³-hybridized carbons (Fsp3) is 0.300. The van der Waals surface area contributed by atoms with Crippen molar-refractivity contribution in [1.82, 2.24) is 4.90 Å². The van der Waals surface area contributed by atoms with Gasteiger partial charge in [-0.1, -0.05) is 0 Å². The number of carbonyl (C=O) groups excluding carboxylic acids is 2. The van der Waals surface area contributed by atoms with E-state index in [-0.39, 0.29) is 41.6 Å². The molecular formula is C20H19F3N2O5. The Kier molecular flexibility index (Phi) is 5.27. The number of primary amides is 1. The van der Waals surface area contributed by atoms with E-state index in [0.29, 0.717) is 6.07 Å². The van der Waals surface area contributed by atoms with Crippen molar-refractivity contribution in [1.29, 1.82) is 0 Å². The molecule has 2 aromatic carbocycles. The average Bonchev–Trinajstić information content (AvgIpc) is 2.98. The number of alkyl halides is 3. The molecule has 3 rings (SSSR count). The monoisotopic (exact) mass is 424 g/mol. The Bertz CT molecular complexity index is 1010. The summed E-state index contributed by atoms with van der Waals surface area (Å²) in [6.07, 6.45) is -4.38. The maximum absolute atomic E-state index is 12.8. The Morgan fingerprint density at radius 3 is 2.37 bits per heavy atom. The molecular weight excluding hydrogens is 405 g/mol. The van der Waals surface area contributed by atoms with Gasteiger partial charge in [-0.3, -0.25) is 9.59 Å². The largest absolute Gasteiger partial charge is 0.504 e. The molecule has 3 N–H and O–H groups in total. The van der Waals surface area contributed by atoms with Crippen molar-refractivity contribution in [3.63, 3.8) is 0 Å². The number of phenols is 1. The number of methoxy groups -OCH3 is 1. The zero-order valence-corrected chi connectivity index (χ0v) is 16.1. The zero-order chi connectivity index (χ0) is 22.3. The topological polar surface area (TPSA) is 102 Å². The highest BCUT2D eigenvalue weighted by atomic mass is 19.4. The Balaban J connectivity index is 2.04. The standard InChI is InChI=1S/C20H19F3N2O5/c1-25-17(27)7-8-19(25,18(24)28)13-10-12(4-6-15(13)29-2)30-16-5-3-11(9-14(16)26)20(21,22)23/h3-6,9-10,26H,7-8H2,1-2H3,(H2,24,28). The molecule has 0 bridgehead atoms. The number of likely N-dealkylation sites (tertiary alicyclic amines) is 1. The molecule has 1 heterocycles. The molecule has 0 spiro atoms. The molecule has 7 nitrogen and oxygen atoms in total. The van der Waals surface area contributed by atoms with Gasteiger partial charge in [-0.25, -0.2) is 0 Å². The van der Waals surface area contributed by atoms with Crippen molar-refractivity contribution in [2.45, 2.75) is 24.6 Å². The fourth-order valence-electron chi connectivity index (χ4n) is 3.55. The molecule has 0 saturated carbocycles. The molecule has 1 fully saturated rings. The highest BCUT2D eigenvalue weighted by molar-refractivity contribution is 5.95. The molecule has 2 amide bonds. The predicted molar refractivity (Wildman–Crippen MR) is 99.1 cm³/mol. The van der Waals surface area contributed by atoms with Gasteiger partial charge in [0, 0.05) is 19.0 Å². The minimum Gasteiger partial charge on any atom is -0.504 e. The zero-order valence-electron chi connectivity index (χ0n) is 16.1. The van der Waals surface area contributed by atoms with Crippen LogP contribution in [0.25, 0.3) is 0 Å². The van der Waals surface area contributed by atoms with Crippen molar-refractivity contribution in [2.75, 3.05) is 14.2 Å². The van der Waals surface area contributed by atoms with Crippen molar-refractivity contribution in [2.24, 2.45) is 5.73 Å². The van der Waals surface area contributed by atoms with E-state index in [2.05, 4.69) is 0 Å². The van der Waals surface area contributed by atoms with Crippen LogP contribution in [0.15, 0.2) is 36.4 Å². The van der Waals surface area contributed by atoms with Crippen LogP contribution in [0.2, 0.25) is 0 Å². The lowest BCUT2D eigenvalue weighted by Gasteiger charge is -2.34. The molecule has 30 heavy (non-hydrogen) atoms. The number of hydrogen-bond acceptors (Lipinski definition) is 5. The third-order valence-electron chi connectivity index (χ3n) is 5.19. The first-order valence-corrected chi connectivity index (χ1v) is 8.84. The Hall–Kier alpha value is -3.43. The van der Waals surface area contributed by atoms with E-state index in [0.717, 1.165) is 12.1 Å². The third kappa shape index (κ3) is 3.49. The quantitative estimate of drug-likeness (QED) is 0.768. The van der Waals surface area contributed by atoms with Gasteiger partial charge in [-0.2, -0.15) is 13.2 Å². The Labute approximate surface area is 169 Å². The molecule has 160 valence electrons. The summed E-state index contributed by atoms with van der Waals surface area (Å²) in [7, 11) is 2.83. The minimum atomic E-state index is -4.61. The molecule has 1 unspecified atom stereocenters. The molecule has 10 heteroatoms. The summed E-state index contributed by atoms with van der Waals surface area (Å²) in [6, 6.07) is 6.65. The van der Waals surface area contributed by atoms with Crippen molar-refractivity contribution < 1.29 is 37.3 Å². The van der Waals surface area contributed by atoms with Gasteiger partial charge in [0.15, 0.2) is 17.0 Å². The van der Waals surface area contributed by atoms with E-state index in [1.165, 1.54) is 37.3 Å². The summed E-state index contributed by atoms with van der Waals surface area (Å²) in [5.74, 6) is -1.58. The number of amides is 2. The van der Waals surface area contributed by atoms with E-state index in [1.807, 2.05) is 0 Å². The van der Waals surface area contributed by atoms with E-state index < -0.39 is 28.9 Å². The van der Waals surface area contributed by atoms with E-state index in [9.17, 15) is 27.9 Å². The van der Waals surface area contributed by atoms with Gasteiger partial charge in [-0.15, -0.1) is 0 Å². The van der Waals surface area contributed by atoms with Crippen LogP contribution >= 0.6 is 0 Å². The lowest BCUT2D eigenvalue weighted by atomic mass is 9.85. The van der Waals surface area contributed by atoms with Crippen LogP contribution in [0.4, 0.5) is 13.2 Å². The van der Waals surface area contributed by atoms with Gasteiger partial charge < -0.3 is 25.2 Å². The van der Waals surface area contributed by atoms with E-state index in [1.54, 1.807) is 0 Å². The van der Waals surface area contributed by atoms with Crippen LogP contribution in [-0.2, 0) is 21.3 Å². The van der Waals surface area contributed by atoms with Gasteiger partial charge in [-0.05, 0) is 42.8 Å². The molecule has 0 aromatic heterocycles. The molecule has 0 aliphatic carbocycles. The maximum atomic E-state index is 12.8. The normalized spacial score (nSPS) is 19.1. The molecule has 1 saturated heterocycles. The van der Waals surface area contributed by atoms with E-state index in [4.69, 9.17) is 15.2 Å². The highest BCUT2D eigenvalue weighted by Gasteiger charge is 2.51. The molecule has 0 radical (unpaired) electrons. The first-order chi connectivity index (χ1) is 14.0. The molecule has 1 aliphatic heterocycles. The number of hydrogen-bond donors (Lipinski definition) is 2. The second-order valence-electron chi connectivity index (χ2n) is 6.82. The maximum Gasteiger partial charge on any atom is 0.416 e. The number of nitrogens with two attached hydrogens (primary N) is 1. The lowest BCUT2D eigenvalue weighted by Crippen LogP contribution is -2.50. The number of likely N-dealkylation sites (N-methyl/N-ethyl adjacent to an activating group) is 1. The predicted octanol–water partition coefficient (Wildman–Crippen LogP) is 3.14. The number of phenolic OH excluding ortho intramolecular Hbond substituents is 1. The second kappa shape index (κ2) is 7.43. The van der Waals surface area contributed by atoms with E-state index >= 15 is 0 Å². The van der Waals surface area contributed by atoms with Crippen LogP contribution in [0.3, 0.4) is 0 Å². The summed E-state index contributed by atoms with van der Waals surface area (Å²) in [6.45, 7) is 0. The second-order valence-corrected chi connectivity index (χ2v) is 6.82. The number of nitrogens with zero attached hydrogens (tertiary/aromatic N) is 1. The molecule has 1 aliphatic rings. The number of halogens is 3. The van der Waals surface area contributed by atoms with Gasteiger partial charge in [0.25, 0.3) is 0 Å². The van der Waals surface area contributed by atoms with Crippen LogP contribution in [-0.4, -0.2) is 36.0 Å². The van der Waals surface area contributed by atoms with Crippen LogP contribution in [0.5, 0.6) is 23.0 Å². The average molecular weight is 424 g/mol. The van der Waals surface area contributed by atoms with Gasteiger partial charge in [0.2, 0.25) is 11.8 Å². The summed E-state index contributed by atoms with van der Waals surface area (Å²) >= 11 is 0. The van der Waals surface area contributed by atoms with Gasteiger partial charge in [0.1, 0.15) is 11.5 Å². The lowest BCUT2D eigenvalue weighted by molar-refractivity contribution is -0.138. The number of aromatic hydroxyl groups is 1. The summed E-state index contributed by atoms with van der Waals surface area (Å²) < 4.78 is 49.2. The van der Waals surface area contributed by atoms with Crippen molar-refractivity contribution in [3.05, 3.63) is 47.5 Å². The van der Waals surface area contributed by atoms with Crippen molar-refractivity contribution in [3.8, 4) is 23.0 Å². The number of carbonyl (C=O) groups is 2. The first-order valence-electron chi connectivity index (χ1n) is 8.84. The van der Waals surface area contributed by atoms with Crippen LogP contribution < -0.4 is 15.2 Å². The Morgan fingerprint density at radius 2 is 1.87 bits per heavy atom. The van der Waals surface area contributed by atoms with Gasteiger partial charge in [0.05, 0.1) is 12.7 Å². The SMILES string of the molecule is COc1ccc(Oc2ccc(C(F)(F)F)cc2O)cc1C1(C(N)=O)CCC(=O)N1C.